The number of benzene rings is 1. The van der Waals surface area contributed by atoms with E-state index in [0.29, 0.717) is 13.1 Å². The van der Waals surface area contributed by atoms with Crippen molar-refractivity contribution >= 4 is 17.4 Å². The summed E-state index contributed by atoms with van der Waals surface area (Å²) >= 11 is 0. The molecule has 4 heteroatoms. The van der Waals surface area contributed by atoms with Crippen LogP contribution in [0, 0.1) is 0 Å². The van der Waals surface area contributed by atoms with Crippen LogP contribution in [0.1, 0.15) is 13.8 Å². The highest BCUT2D eigenvalue weighted by Gasteiger charge is 2.21. The van der Waals surface area contributed by atoms with Crippen molar-refractivity contribution in [1.82, 2.24) is 9.88 Å². The highest BCUT2D eigenvalue weighted by molar-refractivity contribution is 5.99. The summed E-state index contributed by atoms with van der Waals surface area (Å²) < 4.78 is 0. The molecule has 0 N–H and O–H groups in total. The van der Waals surface area contributed by atoms with Crippen LogP contribution >= 0.6 is 0 Å². The molecule has 0 bridgehead atoms. The molecule has 0 spiro atoms. The molecule has 1 aromatic carbocycles. The fraction of sp³-hybridized carbons (Fsp3) is 0.250. The summed E-state index contributed by atoms with van der Waals surface area (Å²) in [4.78, 5) is 20.3. The zero-order valence-corrected chi connectivity index (χ0v) is 11.9. The van der Waals surface area contributed by atoms with Crippen LogP contribution in [0.3, 0.4) is 0 Å². The van der Waals surface area contributed by atoms with Gasteiger partial charge in [0, 0.05) is 25.5 Å². The molecule has 0 fully saturated rings. The number of aromatic nitrogens is 1. The topological polar surface area (TPSA) is 36.4 Å². The molecule has 0 aliphatic rings. The molecule has 0 aliphatic carbocycles. The number of urea groups is 1. The predicted molar refractivity (Wildman–Crippen MR) is 81.1 cm³/mol. The lowest BCUT2D eigenvalue weighted by Crippen LogP contribution is -2.40. The van der Waals surface area contributed by atoms with E-state index in [-0.39, 0.29) is 6.03 Å². The number of para-hydroxylation sites is 1. The van der Waals surface area contributed by atoms with Crippen LogP contribution in [0.2, 0.25) is 0 Å². The largest absolute Gasteiger partial charge is 0.329 e. The second kappa shape index (κ2) is 6.70. The SMILES string of the molecule is CCN(CC)C(=O)N(c1ccccc1)c1ccncc1. The molecule has 0 unspecified atom stereocenters. The fourth-order valence-corrected chi connectivity index (χ4v) is 2.08. The van der Waals surface area contributed by atoms with E-state index in [4.69, 9.17) is 0 Å². The van der Waals surface area contributed by atoms with Crippen molar-refractivity contribution < 1.29 is 4.79 Å². The first-order valence-electron chi connectivity index (χ1n) is 6.82. The minimum absolute atomic E-state index is 0.0209. The Balaban J connectivity index is 2.43. The number of hydrogen-bond acceptors (Lipinski definition) is 2. The van der Waals surface area contributed by atoms with Gasteiger partial charge in [0.1, 0.15) is 0 Å². The van der Waals surface area contributed by atoms with Gasteiger partial charge in [0.25, 0.3) is 0 Å². The van der Waals surface area contributed by atoms with E-state index < -0.39 is 0 Å². The lowest BCUT2D eigenvalue weighted by Gasteiger charge is -2.29. The summed E-state index contributed by atoms with van der Waals surface area (Å²) in [6.45, 7) is 5.34. The molecule has 4 nitrogen and oxygen atoms in total. The summed E-state index contributed by atoms with van der Waals surface area (Å²) in [6, 6.07) is 13.3. The minimum Gasteiger partial charge on any atom is -0.325 e. The Kier molecular flexibility index (Phi) is 4.71. The highest BCUT2D eigenvalue weighted by atomic mass is 16.2. The molecule has 20 heavy (non-hydrogen) atoms. The molecule has 2 rings (SSSR count). The number of anilines is 2. The van der Waals surface area contributed by atoms with Crippen LogP contribution in [0.5, 0.6) is 0 Å². The van der Waals surface area contributed by atoms with Gasteiger partial charge in [-0.1, -0.05) is 18.2 Å². The molecular formula is C16H19N3O. The summed E-state index contributed by atoms with van der Waals surface area (Å²) in [6.07, 6.45) is 3.39. The number of carbonyl (C=O) groups is 1. The number of rotatable bonds is 4. The first-order valence-corrected chi connectivity index (χ1v) is 6.82. The van der Waals surface area contributed by atoms with Crippen molar-refractivity contribution in [3.8, 4) is 0 Å². The van der Waals surface area contributed by atoms with Crippen molar-refractivity contribution in [2.24, 2.45) is 0 Å². The van der Waals surface area contributed by atoms with Crippen LogP contribution in [-0.2, 0) is 0 Å². The Morgan fingerprint density at radius 1 is 0.950 bits per heavy atom. The average molecular weight is 269 g/mol. The molecule has 0 radical (unpaired) electrons. The van der Waals surface area contributed by atoms with Crippen molar-refractivity contribution in [1.29, 1.82) is 0 Å². The second-order valence-corrected chi connectivity index (χ2v) is 4.33. The van der Waals surface area contributed by atoms with Crippen molar-refractivity contribution in [2.45, 2.75) is 13.8 Å². The third-order valence-electron chi connectivity index (χ3n) is 3.16. The molecule has 1 heterocycles. The third-order valence-corrected chi connectivity index (χ3v) is 3.16. The van der Waals surface area contributed by atoms with Crippen LogP contribution in [0.4, 0.5) is 16.2 Å². The summed E-state index contributed by atoms with van der Waals surface area (Å²) in [5.74, 6) is 0. The van der Waals surface area contributed by atoms with Gasteiger partial charge in [-0.3, -0.25) is 9.88 Å². The van der Waals surface area contributed by atoms with Gasteiger partial charge >= 0.3 is 6.03 Å². The van der Waals surface area contributed by atoms with E-state index in [2.05, 4.69) is 4.98 Å². The maximum atomic E-state index is 12.7. The monoisotopic (exact) mass is 269 g/mol. The predicted octanol–water partition coefficient (Wildman–Crippen LogP) is 3.68. The summed E-state index contributed by atoms with van der Waals surface area (Å²) in [7, 11) is 0. The number of amides is 2. The Labute approximate surface area is 119 Å². The average Bonchev–Trinajstić information content (AvgIpc) is 2.51. The first kappa shape index (κ1) is 14.1. The Bertz CT molecular complexity index is 499. The van der Waals surface area contributed by atoms with Crippen molar-refractivity contribution in [2.75, 3.05) is 18.0 Å². The maximum absolute atomic E-state index is 12.7. The molecule has 0 saturated carbocycles. The van der Waals surface area contributed by atoms with Gasteiger partial charge in [-0.15, -0.1) is 0 Å². The lowest BCUT2D eigenvalue weighted by atomic mass is 10.2. The van der Waals surface area contributed by atoms with Gasteiger partial charge in [0.2, 0.25) is 0 Å². The summed E-state index contributed by atoms with van der Waals surface area (Å²) in [5.41, 5.74) is 1.68. The van der Waals surface area contributed by atoms with E-state index in [1.807, 2.05) is 56.3 Å². The molecule has 0 saturated heterocycles. The highest BCUT2D eigenvalue weighted by Crippen LogP contribution is 2.25. The molecule has 104 valence electrons. The van der Waals surface area contributed by atoms with Crippen molar-refractivity contribution in [3.05, 3.63) is 54.9 Å². The number of nitrogens with zero attached hydrogens (tertiary/aromatic N) is 3. The van der Waals surface area contributed by atoms with Crippen LogP contribution in [-0.4, -0.2) is 29.0 Å². The van der Waals surface area contributed by atoms with Gasteiger partial charge in [-0.2, -0.15) is 0 Å². The number of carbonyl (C=O) groups excluding carboxylic acids is 1. The molecule has 0 atom stereocenters. The standard InChI is InChI=1S/C16H19N3O/c1-3-18(4-2)16(20)19(14-8-6-5-7-9-14)15-10-12-17-13-11-15/h5-13H,3-4H2,1-2H3. The van der Waals surface area contributed by atoms with E-state index in [1.165, 1.54) is 0 Å². The zero-order chi connectivity index (χ0) is 14.4. The third kappa shape index (κ3) is 2.96. The minimum atomic E-state index is -0.0209. The molecule has 2 aromatic rings. The normalized spacial score (nSPS) is 10.1. The Morgan fingerprint density at radius 2 is 1.50 bits per heavy atom. The van der Waals surface area contributed by atoms with Crippen LogP contribution in [0.25, 0.3) is 0 Å². The molecule has 1 aromatic heterocycles. The summed E-state index contributed by atoms with van der Waals surface area (Å²) in [5, 5.41) is 0. The lowest BCUT2D eigenvalue weighted by molar-refractivity contribution is 0.212. The Hall–Kier alpha value is -2.36. The van der Waals surface area contributed by atoms with E-state index in [1.54, 1.807) is 22.2 Å². The van der Waals surface area contributed by atoms with Crippen LogP contribution < -0.4 is 4.90 Å². The van der Waals surface area contributed by atoms with E-state index in [9.17, 15) is 4.79 Å². The van der Waals surface area contributed by atoms with Crippen molar-refractivity contribution in [3.63, 3.8) is 0 Å². The first-order chi connectivity index (χ1) is 9.77. The van der Waals surface area contributed by atoms with E-state index in [0.717, 1.165) is 11.4 Å². The number of pyridine rings is 1. The zero-order valence-electron chi connectivity index (χ0n) is 11.9. The smallest absolute Gasteiger partial charge is 0.325 e. The van der Waals surface area contributed by atoms with Gasteiger partial charge < -0.3 is 4.90 Å². The molecule has 0 aliphatic heterocycles. The fourth-order valence-electron chi connectivity index (χ4n) is 2.08. The quantitative estimate of drug-likeness (QED) is 0.849. The Morgan fingerprint density at radius 3 is 2.05 bits per heavy atom. The molecular weight excluding hydrogens is 250 g/mol. The number of hydrogen-bond donors (Lipinski definition) is 0. The van der Waals surface area contributed by atoms with Gasteiger partial charge in [-0.05, 0) is 38.1 Å². The van der Waals surface area contributed by atoms with Crippen LogP contribution in [0.15, 0.2) is 54.9 Å². The van der Waals surface area contributed by atoms with Gasteiger partial charge in [-0.25, -0.2) is 4.79 Å². The van der Waals surface area contributed by atoms with E-state index >= 15 is 0 Å². The second-order valence-electron chi connectivity index (χ2n) is 4.33. The molecule has 2 amide bonds. The van der Waals surface area contributed by atoms with Gasteiger partial charge in [0.15, 0.2) is 0 Å². The maximum Gasteiger partial charge on any atom is 0.329 e. The van der Waals surface area contributed by atoms with Gasteiger partial charge in [0.05, 0.1) is 11.4 Å².